The van der Waals surface area contributed by atoms with E-state index in [1.807, 2.05) is 0 Å². The van der Waals surface area contributed by atoms with Crippen LogP contribution < -0.4 is 5.32 Å². The van der Waals surface area contributed by atoms with Crippen molar-refractivity contribution < 1.29 is 18.7 Å². The van der Waals surface area contributed by atoms with Gasteiger partial charge in [0, 0.05) is 22.3 Å². The van der Waals surface area contributed by atoms with Gasteiger partial charge in [-0.3, -0.25) is 4.79 Å². The van der Waals surface area contributed by atoms with E-state index < -0.39 is 23.7 Å². The van der Waals surface area contributed by atoms with Crippen molar-refractivity contribution in [2.45, 2.75) is 12.5 Å². The number of benzene rings is 2. The first-order valence-electron chi connectivity index (χ1n) is 7.87. The molecule has 7 heteroatoms. The zero-order valence-electron chi connectivity index (χ0n) is 13.9. The first-order valence-corrected chi connectivity index (χ1v) is 8.25. The summed E-state index contributed by atoms with van der Waals surface area (Å²) in [6, 6.07) is 11.8. The number of carbonyl (C=O) groups is 2. The van der Waals surface area contributed by atoms with E-state index in [4.69, 9.17) is 16.3 Å². The van der Waals surface area contributed by atoms with Crippen LogP contribution in [0.1, 0.15) is 16.1 Å². The third-order valence-electron chi connectivity index (χ3n) is 3.95. The van der Waals surface area contributed by atoms with E-state index in [0.717, 1.165) is 10.9 Å². The molecular weight excluding hydrogens is 359 g/mol. The average molecular weight is 375 g/mol. The highest BCUT2D eigenvalue weighted by Crippen LogP contribution is 2.20. The van der Waals surface area contributed by atoms with Gasteiger partial charge in [0.15, 0.2) is 0 Å². The number of hydrogen-bond donors (Lipinski definition) is 2. The van der Waals surface area contributed by atoms with E-state index in [1.165, 1.54) is 19.2 Å². The highest BCUT2D eigenvalue weighted by atomic mass is 35.5. The molecule has 2 N–H and O–H groups in total. The standard InChI is InChI=1S/C19H16ClFN2O3/c1-26-19(25)17(8-11-3-2-4-14(21)7-11)23-18(24)16-10-12-9-13(20)5-6-15(12)22-16/h2-7,9-10,17,22H,8H2,1H3,(H,23,24)/t17-/m0/s1. The van der Waals surface area contributed by atoms with Crippen LogP contribution in [0.3, 0.4) is 0 Å². The van der Waals surface area contributed by atoms with Gasteiger partial charge in [-0.1, -0.05) is 23.7 Å². The summed E-state index contributed by atoms with van der Waals surface area (Å²) in [4.78, 5) is 27.5. The van der Waals surface area contributed by atoms with Gasteiger partial charge in [-0.15, -0.1) is 0 Å². The van der Waals surface area contributed by atoms with E-state index >= 15 is 0 Å². The number of hydrogen-bond acceptors (Lipinski definition) is 3. The maximum atomic E-state index is 13.4. The van der Waals surface area contributed by atoms with Gasteiger partial charge in [-0.05, 0) is 42.0 Å². The van der Waals surface area contributed by atoms with Crippen LogP contribution in [-0.4, -0.2) is 30.0 Å². The molecule has 0 aliphatic heterocycles. The molecule has 1 heterocycles. The molecule has 1 aromatic heterocycles. The van der Waals surface area contributed by atoms with Crippen molar-refractivity contribution in [3.8, 4) is 0 Å². The van der Waals surface area contributed by atoms with Crippen LogP contribution in [-0.2, 0) is 16.0 Å². The summed E-state index contributed by atoms with van der Waals surface area (Å²) < 4.78 is 18.1. The summed E-state index contributed by atoms with van der Waals surface area (Å²) in [5.41, 5.74) is 1.61. The Morgan fingerprint density at radius 2 is 2.04 bits per heavy atom. The molecular formula is C19H16ClFN2O3. The lowest BCUT2D eigenvalue weighted by Crippen LogP contribution is -2.43. The average Bonchev–Trinajstić information content (AvgIpc) is 3.03. The number of fused-ring (bicyclic) bond motifs is 1. The van der Waals surface area contributed by atoms with E-state index in [-0.39, 0.29) is 12.1 Å². The Morgan fingerprint density at radius 3 is 2.77 bits per heavy atom. The van der Waals surface area contributed by atoms with Crippen molar-refractivity contribution in [3.63, 3.8) is 0 Å². The molecule has 0 unspecified atom stereocenters. The number of halogens is 2. The first-order chi connectivity index (χ1) is 12.5. The molecule has 1 amide bonds. The van der Waals surface area contributed by atoms with Gasteiger partial charge >= 0.3 is 5.97 Å². The Kier molecular flexibility index (Phi) is 5.23. The van der Waals surface area contributed by atoms with Crippen LogP contribution in [0.2, 0.25) is 5.02 Å². The zero-order chi connectivity index (χ0) is 18.7. The molecule has 3 rings (SSSR count). The lowest BCUT2D eigenvalue weighted by atomic mass is 10.1. The fourth-order valence-corrected chi connectivity index (χ4v) is 2.88. The van der Waals surface area contributed by atoms with Crippen LogP contribution in [0, 0.1) is 5.82 Å². The molecule has 2 aromatic carbocycles. The molecule has 5 nitrogen and oxygen atoms in total. The minimum Gasteiger partial charge on any atom is -0.467 e. The van der Waals surface area contributed by atoms with Gasteiger partial charge in [0.2, 0.25) is 0 Å². The number of aromatic amines is 1. The number of nitrogens with one attached hydrogen (secondary N) is 2. The third-order valence-corrected chi connectivity index (χ3v) is 4.18. The van der Waals surface area contributed by atoms with Crippen molar-refractivity contribution in [1.29, 1.82) is 0 Å². The Balaban J connectivity index is 1.80. The molecule has 0 radical (unpaired) electrons. The van der Waals surface area contributed by atoms with Crippen LogP contribution in [0.15, 0.2) is 48.5 Å². The number of rotatable bonds is 5. The van der Waals surface area contributed by atoms with E-state index in [2.05, 4.69) is 10.3 Å². The SMILES string of the molecule is COC(=O)[C@H](Cc1cccc(F)c1)NC(=O)c1cc2cc(Cl)ccc2[nH]1. The molecule has 134 valence electrons. The van der Waals surface area contributed by atoms with Gasteiger partial charge < -0.3 is 15.0 Å². The molecule has 0 saturated carbocycles. The lowest BCUT2D eigenvalue weighted by Gasteiger charge is -2.16. The summed E-state index contributed by atoms with van der Waals surface area (Å²) in [6.45, 7) is 0. The minimum absolute atomic E-state index is 0.113. The summed E-state index contributed by atoms with van der Waals surface area (Å²) in [5.74, 6) is -1.49. The minimum atomic E-state index is -0.940. The molecule has 3 aromatic rings. The number of H-pyrrole nitrogens is 1. The predicted molar refractivity (Wildman–Crippen MR) is 96.7 cm³/mol. The van der Waals surface area contributed by atoms with Gasteiger partial charge in [0.1, 0.15) is 17.6 Å². The summed E-state index contributed by atoms with van der Waals surface area (Å²) in [7, 11) is 1.23. The van der Waals surface area contributed by atoms with E-state index in [0.29, 0.717) is 10.6 Å². The quantitative estimate of drug-likeness (QED) is 0.672. The predicted octanol–water partition coefficient (Wildman–Crippen LogP) is 3.47. The monoisotopic (exact) mass is 374 g/mol. The van der Waals surface area contributed by atoms with Crippen molar-refractivity contribution >= 4 is 34.4 Å². The number of aromatic nitrogens is 1. The second kappa shape index (κ2) is 7.58. The zero-order valence-corrected chi connectivity index (χ0v) is 14.6. The second-order valence-corrected chi connectivity index (χ2v) is 6.23. The molecule has 0 aliphatic carbocycles. The molecule has 0 aliphatic rings. The van der Waals surface area contributed by atoms with Gasteiger partial charge in [-0.25, -0.2) is 9.18 Å². The number of ether oxygens (including phenoxy) is 1. The maximum absolute atomic E-state index is 13.4. The van der Waals surface area contributed by atoms with E-state index in [9.17, 15) is 14.0 Å². The van der Waals surface area contributed by atoms with E-state index in [1.54, 1.807) is 36.4 Å². The van der Waals surface area contributed by atoms with Crippen LogP contribution in [0.4, 0.5) is 4.39 Å². The fourth-order valence-electron chi connectivity index (χ4n) is 2.70. The van der Waals surface area contributed by atoms with Gasteiger partial charge in [-0.2, -0.15) is 0 Å². The Bertz CT molecular complexity index is 970. The molecule has 0 spiro atoms. The first kappa shape index (κ1) is 17.9. The second-order valence-electron chi connectivity index (χ2n) is 5.80. The highest BCUT2D eigenvalue weighted by Gasteiger charge is 2.23. The summed E-state index contributed by atoms with van der Waals surface area (Å²) >= 11 is 5.95. The number of carbonyl (C=O) groups excluding carboxylic acids is 2. The highest BCUT2D eigenvalue weighted by molar-refractivity contribution is 6.31. The fraction of sp³-hybridized carbons (Fsp3) is 0.158. The largest absolute Gasteiger partial charge is 0.467 e. The lowest BCUT2D eigenvalue weighted by molar-refractivity contribution is -0.142. The van der Waals surface area contributed by atoms with Crippen LogP contribution in [0.25, 0.3) is 10.9 Å². The summed E-state index contributed by atoms with van der Waals surface area (Å²) in [5, 5.41) is 3.96. The molecule has 0 fully saturated rings. The number of methoxy groups -OCH3 is 1. The smallest absolute Gasteiger partial charge is 0.328 e. The number of esters is 1. The van der Waals surface area contributed by atoms with Crippen molar-refractivity contribution in [2.75, 3.05) is 7.11 Å². The summed E-state index contributed by atoms with van der Waals surface area (Å²) in [6.07, 6.45) is 0.113. The normalized spacial score (nSPS) is 12.0. The maximum Gasteiger partial charge on any atom is 0.328 e. The third kappa shape index (κ3) is 4.03. The van der Waals surface area contributed by atoms with Gasteiger partial charge in [0.05, 0.1) is 7.11 Å². The molecule has 0 saturated heterocycles. The van der Waals surface area contributed by atoms with Crippen LogP contribution >= 0.6 is 11.6 Å². The van der Waals surface area contributed by atoms with Crippen molar-refractivity contribution in [3.05, 3.63) is 70.6 Å². The van der Waals surface area contributed by atoms with Crippen molar-refractivity contribution in [1.82, 2.24) is 10.3 Å². The van der Waals surface area contributed by atoms with Gasteiger partial charge in [0.25, 0.3) is 5.91 Å². The van der Waals surface area contributed by atoms with Crippen LogP contribution in [0.5, 0.6) is 0 Å². The molecule has 1 atom stereocenters. The molecule has 0 bridgehead atoms. The Morgan fingerprint density at radius 1 is 1.23 bits per heavy atom. The Labute approximate surface area is 154 Å². The topological polar surface area (TPSA) is 71.2 Å². The Hall–Kier alpha value is -2.86. The molecule has 26 heavy (non-hydrogen) atoms. The van der Waals surface area contributed by atoms with Crippen molar-refractivity contribution in [2.24, 2.45) is 0 Å². The number of amides is 1.